The lowest BCUT2D eigenvalue weighted by atomic mass is 10.1. The van der Waals surface area contributed by atoms with E-state index in [0.717, 1.165) is 12.1 Å². The monoisotopic (exact) mass is 276 g/mol. The summed E-state index contributed by atoms with van der Waals surface area (Å²) in [4.78, 5) is 13.7. The van der Waals surface area contributed by atoms with Gasteiger partial charge in [-0.2, -0.15) is 0 Å². The molecule has 2 aromatic carbocycles. The van der Waals surface area contributed by atoms with Crippen molar-refractivity contribution < 1.29 is 13.6 Å². The molecule has 0 fully saturated rings. The summed E-state index contributed by atoms with van der Waals surface area (Å²) in [5.41, 5.74) is 6.00. The van der Waals surface area contributed by atoms with Crippen LogP contribution in [0.2, 0.25) is 0 Å². The molecule has 0 heterocycles. The maximum Gasteiger partial charge on any atom is 0.260 e. The molecule has 20 heavy (non-hydrogen) atoms. The van der Waals surface area contributed by atoms with Crippen LogP contribution in [-0.4, -0.2) is 12.5 Å². The summed E-state index contributed by atoms with van der Waals surface area (Å²) < 4.78 is 26.8. The van der Waals surface area contributed by atoms with Crippen LogP contribution in [0.3, 0.4) is 0 Å². The zero-order valence-electron chi connectivity index (χ0n) is 10.9. The van der Waals surface area contributed by atoms with Crippen molar-refractivity contribution in [3.05, 3.63) is 59.7 Å². The molecule has 0 aromatic heterocycles. The molecule has 2 N–H and O–H groups in total. The zero-order chi connectivity index (χ0) is 14.7. The average Bonchev–Trinajstić information content (AvgIpc) is 2.41. The second-order valence-corrected chi connectivity index (χ2v) is 4.23. The Morgan fingerprint density at radius 3 is 2.50 bits per heavy atom. The van der Waals surface area contributed by atoms with Crippen LogP contribution in [0, 0.1) is 11.6 Å². The summed E-state index contributed by atoms with van der Waals surface area (Å²) in [6, 6.07) is 9.50. The number of nitrogen functional groups attached to an aromatic ring is 1. The third-order valence-corrected chi connectivity index (χ3v) is 2.95. The van der Waals surface area contributed by atoms with Gasteiger partial charge >= 0.3 is 0 Å². The van der Waals surface area contributed by atoms with Gasteiger partial charge in [0.15, 0.2) is 0 Å². The lowest BCUT2D eigenvalue weighted by Gasteiger charge is -2.22. The number of nitrogens with two attached hydrogens (primary N) is 1. The molecule has 0 aliphatic rings. The largest absolute Gasteiger partial charge is 0.398 e. The summed E-state index contributed by atoms with van der Waals surface area (Å²) in [6.07, 6.45) is 0. The fraction of sp³-hybridized carbons (Fsp3) is 0.133. The Morgan fingerprint density at radius 2 is 1.90 bits per heavy atom. The van der Waals surface area contributed by atoms with Gasteiger partial charge in [-0.1, -0.05) is 12.1 Å². The van der Waals surface area contributed by atoms with Crippen molar-refractivity contribution >= 4 is 17.3 Å². The Morgan fingerprint density at radius 1 is 1.20 bits per heavy atom. The number of nitrogens with zero attached hydrogens (tertiary/aromatic N) is 1. The number of anilines is 2. The van der Waals surface area contributed by atoms with Crippen LogP contribution in [0.4, 0.5) is 20.2 Å². The van der Waals surface area contributed by atoms with Gasteiger partial charge in [-0.05, 0) is 37.3 Å². The first-order valence-electron chi connectivity index (χ1n) is 6.16. The lowest BCUT2D eigenvalue weighted by Crippen LogP contribution is -2.32. The van der Waals surface area contributed by atoms with Crippen LogP contribution in [0.1, 0.15) is 17.3 Å². The van der Waals surface area contributed by atoms with Gasteiger partial charge in [-0.3, -0.25) is 4.79 Å². The topological polar surface area (TPSA) is 46.3 Å². The molecule has 0 radical (unpaired) electrons. The zero-order valence-corrected chi connectivity index (χ0v) is 10.9. The van der Waals surface area contributed by atoms with E-state index in [1.54, 1.807) is 19.1 Å². The summed E-state index contributed by atoms with van der Waals surface area (Å²) in [7, 11) is 0. The second-order valence-electron chi connectivity index (χ2n) is 4.23. The minimum Gasteiger partial charge on any atom is -0.398 e. The number of benzene rings is 2. The fourth-order valence-corrected chi connectivity index (χ4v) is 1.97. The van der Waals surface area contributed by atoms with E-state index in [1.807, 2.05) is 0 Å². The average molecular weight is 276 g/mol. The van der Waals surface area contributed by atoms with Gasteiger partial charge in [0, 0.05) is 12.2 Å². The highest BCUT2D eigenvalue weighted by molar-refractivity contribution is 6.09. The molecule has 0 spiro atoms. The maximum absolute atomic E-state index is 13.8. The highest BCUT2D eigenvalue weighted by Crippen LogP contribution is 2.23. The second kappa shape index (κ2) is 5.69. The van der Waals surface area contributed by atoms with E-state index in [9.17, 15) is 13.6 Å². The van der Waals surface area contributed by atoms with Gasteiger partial charge in [-0.25, -0.2) is 8.78 Å². The molecule has 104 valence electrons. The standard InChI is InChI=1S/C15H14F2N2O/c1-2-19(14-6-4-3-5-12(14)17)15(20)11-8-7-10(16)9-13(11)18/h3-9H,2,18H2,1H3. The van der Waals surface area contributed by atoms with Crippen molar-refractivity contribution in [2.45, 2.75) is 6.92 Å². The van der Waals surface area contributed by atoms with Gasteiger partial charge in [-0.15, -0.1) is 0 Å². The number of para-hydroxylation sites is 1. The van der Waals surface area contributed by atoms with E-state index in [2.05, 4.69) is 0 Å². The molecule has 0 saturated heterocycles. The molecule has 5 heteroatoms. The molecule has 3 nitrogen and oxygen atoms in total. The van der Waals surface area contributed by atoms with E-state index < -0.39 is 17.5 Å². The van der Waals surface area contributed by atoms with Crippen molar-refractivity contribution in [1.82, 2.24) is 0 Å². The van der Waals surface area contributed by atoms with Crippen molar-refractivity contribution in [3.8, 4) is 0 Å². The number of carbonyl (C=O) groups is 1. The van der Waals surface area contributed by atoms with Crippen LogP contribution >= 0.6 is 0 Å². The lowest BCUT2D eigenvalue weighted by molar-refractivity contribution is 0.0988. The summed E-state index contributed by atoms with van der Waals surface area (Å²) >= 11 is 0. The smallest absolute Gasteiger partial charge is 0.260 e. The molecule has 1 amide bonds. The highest BCUT2D eigenvalue weighted by Gasteiger charge is 2.20. The first-order valence-corrected chi connectivity index (χ1v) is 6.16. The molecule has 0 aliphatic heterocycles. The van der Waals surface area contributed by atoms with E-state index in [1.165, 1.54) is 23.1 Å². The SMILES string of the molecule is CCN(C(=O)c1ccc(F)cc1N)c1ccccc1F. The third-order valence-electron chi connectivity index (χ3n) is 2.95. The summed E-state index contributed by atoms with van der Waals surface area (Å²) in [5.74, 6) is -1.48. The van der Waals surface area contributed by atoms with Gasteiger partial charge in [0.05, 0.1) is 11.3 Å². The first kappa shape index (κ1) is 14.0. The molecule has 0 bridgehead atoms. The van der Waals surface area contributed by atoms with E-state index >= 15 is 0 Å². The van der Waals surface area contributed by atoms with Crippen LogP contribution in [0.15, 0.2) is 42.5 Å². The van der Waals surface area contributed by atoms with E-state index in [4.69, 9.17) is 5.73 Å². The molecular formula is C15H14F2N2O. The Balaban J connectivity index is 2.42. The predicted octanol–water partition coefficient (Wildman–Crippen LogP) is 3.21. The predicted molar refractivity (Wildman–Crippen MR) is 74.6 cm³/mol. The Hall–Kier alpha value is -2.43. The van der Waals surface area contributed by atoms with Gasteiger partial charge in [0.25, 0.3) is 5.91 Å². The highest BCUT2D eigenvalue weighted by atomic mass is 19.1. The molecule has 0 unspecified atom stereocenters. The van der Waals surface area contributed by atoms with Crippen LogP contribution < -0.4 is 10.6 Å². The summed E-state index contributed by atoms with van der Waals surface area (Å²) in [6.45, 7) is 2.00. The number of carbonyl (C=O) groups excluding carboxylic acids is 1. The molecule has 2 aromatic rings. The number of amides is 1. The van der Waals surface area contributed by atoms with Crippen LogP contribution in [0.25, 0.3) is 0 Å². The van der Waals surface area contributed by atoms with Gasteiger partial charge in [0.1, 0.15) is 11.6 Å². The molecule has 2 rings (SSSR count). The maximum atomic E-state index is 13.8. The van der Waals surface area contributed by atoms with Crippen LogP contribution in [-0.2, 0) is 0 Å². The van der Waals surface area contributed by atoms with E-state index in [-0.39, 0.29) is 23.5 Å². The number of hydrogen-bond acceptors (Lipinski definition) is 2. The normalized spacial score (nSPS) is 10.3. The van der Waals surface area contributed by atoms with Gasteiger partial charge < -0.3 is 10.6 Å². The quantitative estimate of drug-likeness (QED) is 0.875. The Bertz CT molecular complexity index is 644. The fourth-order valence-electron chi connectivity index (χ4n) is 1.97. The van der Waals surface area contributed by atoms with Crippen LogP contribution in [0.5, 0.6) is 0 Å². The number of hydrogen-bond donors (Lipinski definition) is 1. The van der Waals surface area contributed by atoms with Crippen molar-refractivity contribution in [1.29, 1.82) is 0 Å². The molecule has 0 aliphatic carbocycles. The molecular weight excluding hydrogens is 262 g/mol. The van der Waals surface area contributed by atoms with E-state index in [0.29, 0.717) is 0 Å². The number of rotatable bonds is 3. The first-order chi connectivity index (χ1) is 9.54. The minimum atomic E-state index is -0.520. The Kier molecular flexibility index (Phi) is 3.98. The molecule has 0 saturated carbocycles. The van der Waals surface area contributed by atoms with Crippen molar-refractivity contribution in [2.24, 2.45) is 0 Å². The Labute approximate surface area is 115 Å². The molecule has 0 atom stereocenters. The van der Waals surface area contributed by atoms with Crippen molar-refractivity contribution in [3.63, 3.8) is 0 Å². The summed E-state index contributed by atoms with van der Waals surface area (Å²) in [5, 5.41) is 0. The third kappa shape index (κ3) is 2.61. The minimum absolute atomic E-state index is 0.0322. The van der Waals surface area contributed by atoms with Gasteiger partial charge in [0.2, 0.25) is 0 Å². The van der Waals surface area contributed by atoms with Crippen molar-refractivity contribution in [2.75, 3.05) is 17.2 Å². The number of halogens is 2.